The van der Waals surface area contributed by atoms with Crippen LogP contribution in [0.15, 0.2) is 35.5 Å². The van der Waals surface area contributed by atoms with Crippen molar-refractivity contribution in [1.29, 1.82) is 0 Å². The largest absolute Gasteiger partial charge is 0.461 e. The molecule has 1 aliphatic heterocycles. The van der Waals surface area contributed by atoms with E-state index < -0.39 is 0 Å². The molecule has 1 heterocycles. The summed E-state index contributed by atoms with van der Waals surface area (Å²) in [5.74, 6) is 1.65. The summed E-state index contributed by atoms with van der Waals surface area (Å²) in [5, 5.41) is 0.458. The van der Waals surface area contributed by atoms with Gasteiger partial charge in [-0.1, -0.05) is 19.9 Å². The van der Waals surface area contributed by atoms with Crippen molar-refractivity contribution in [3.63, 3.8) is 0 Å². The molecule has 0 spiro atoms. The normalized spacial score (nSPS) is 20.6. The second-order valence-electron chi connectivity index (χ2n) is 5.12. The summed E-state index contributed by atoms with van der Waals surface area (Å²) in [5.41, 5.74) is 1.10. The highest BCUT2D eigenvalue weighted by Crippen LogP contribution is 2.47. The van der Waals surface area contributed by atoms with Crippen LogP contribution < -0.4 is 0 Å². The number of hydrogen-bond donors (Lipinski definition) is 0. The molecular weight excluding hydrogens is 234 g/mol. The van der Waals surface area contributed by atoms with E-state index in [-0.39, 0.29) is 5.41 Å². The van der Waals surface area contributed by atoms with Gasteiger partial charge in [-0.2, -0.15) is 0 Å². The maximum absolute atomic E-state index is 5.79. The zero-order chi connectivity index (χ0) is 12.6. The Morgan fingerprint density at radius 3 is 2.82 bits per heavy atom. The van der Waals surface area contributed by atoms with E-state index in [4.69, 9.17) is 21.7 Å². The quantitative estimate of drug-likeness (QED) is 0.668. The minimum Gasteiger partial charge on any atom is -0.461 e. The lowest BCUT2D eigenvalue weighted by atomic mass is 9.90. The Kier molecular flexibility index (Phi) is 3.00. The summed E-state index contributed by atoms with van der Waals surface area (Å²) < 4.78 is 11.4. The predicted molar refractivity (Wildman–Crippen MR) is 71.1 cm³/mol. The van der Waals surface area contributed by atoms with Crippen LogP contribution in [0.2, 0.25) is 0 Å². The second kappa shape index (κ2) is 4.18. The van der Waals surface area contributed by atoms with Crippen molar-refractivity contribution in [2.24, 2.45) is 5.41 Å². The standard InChI is InChI=1S/C13H17NO2S/c1-13(2)8-9-6-5-7-15-10(9)11(13)16-12(17)14(3)4/h5-7H,8H2,1-4H3. The van der Waals surface area contributed by atoms with Gasteiger partial charge in [0.25, 0.3) is 5.17 Å². The fraction of sp³-hybridized carbons (Fsp3) is 0.462. The highest BCUT2D eigenvalue weighted by Gasteiger charge is 2.40. The molecule has 0 saturated heterocycles. The fourth-order valence-electron chi connectivity index (χ4n) is 1.98. The van der Waals surface area contributed by atoms with E-state index in [1.54, 1.807) is 11.2 Å². The molecule has 2 rings (SSSR count). The van der Waals surface area contributed by atoms with E-state index in [1.165, 1.54) is 5.57 Å². The van der Waals surface area contributed by atoms with Crippen LogP contribution in [0.5, 0.6) is 0 Å². The number of rotatable bonds is 1. The Labute approximate surface area is 107 Å². The number of ether oxygens (including phenoxy) is 2. The Morgan fingerprint density at radius 1 is 1.47 bits per heavy atom. The third-order valence-corrected chi connectivity index (χ3v) is 3.31. The van der Waals surface area contributed by atoms with Crippen LogP contribution in [-0.4, -0.2) is 24.2 Å². The SMILES string of the molecule is CN(C)C(=S)OC1=C2OC=CC=C2CC1(C)C. The summed E-state index contributed by atoms with van der Waals surface area (Å²) >= 11 is 5.19. The van der Waals surface area contributed by atoms with Crippen LogP contribution in [0, 0.1) is 5.41 Å². The minimum atomic E-state index is -0.0761. The maximum Gasteiger partial charge on any atom is 0.264 e. The first-order chi connectivity index (χ1) is 7.92. The molecule has 92 valence electrons. The highest BCUT2D eigenvalue weighted by molar-refractivity contribution is 7.80. The Morgan fingerprint density at radius 2 is 2.18 bits per heavy atom. The van der Waals surface area contributed by atoms with Crippen molar-refractivity contribution in [2.75, 3.05) is 14.1 Å². The Hall–Kier alpha value is -1.29. The second-order valence-corrected chi connectivity index (χ2v) is 5.47. The van der Waals surface area contributed by atoms with Gasteiger partial charge in [0, 0.05) is 19.5 Å². The fourth-order valence-corrected chi connectivity index (χ4v) is 2.06. The molecule has 0 unspecified atom stereocenters. The van der Waals surface area contributed by atoms with Gasteiger partial charge in [0.05, 0.1) is 6.26 Å². The maximum atomic E-state index is 5.79. The van der Waals surface area contributed by atoms with E-state index in [0.29, 0.717) is 5.17 Å². The van der Waals surface area contributed by atoms with Gasteiger partial charge in [0.1, 0.15) is 0 Å². The molecule has 0 atom stereocenters. The first kappa shape index (κ1) is 12.2. The van der Waals surface area contributed by atoms with E-state index in [9.17, 15) is 0 Å². The molecule has 0 fully saturated rings. The minimum absolute atomic E-state index is 0.0761. The Balaban J connectivity index is 2.32. The van der Waals surface area contributed by atoms with Gasteiger partial charge in [0.15, 0.2) is 11.5 Å². The van der Waals surface area contributed by atoms with Crippen LogP contribution in [0.4, 0.5) is 0 Å². The third kappa shape index (κ3) is 2.22. The molecular formula is C13H17NO2S. The van der Waals surface area contributed by atoms with E-state index >= 15 is 0 Å². The van der Waals surface area contributed by atoms with Gasteiger partial charge in [-0.05, 0) is 30.3 Å². The molecule has 4 heteroatoms. The molecule has 0 radical (unpaired) electrons. The zero-order valence-electron chi connectivity index (χ0n) is 10.6. The van der Waals surface area contributed by atoms with Crippen molar-refractivity contribution in [3.05, 3.63) is 35.5 Å². The molecule has 0 aromatic heterocycles. The molecule has 0 saturated carbocycles. The molecule has 0 amide bonds. The van der Waals surface area contributed by atoms with Crippen molar-refractivity contribution < 1.29 is 9.47 Å². The number of nitrogens with zero attached hydrogens (tertiary/aromatic N) is 1. The molecule has 3 nitrogen and oxygen atoms in total. The molecule has 0 aromatic carbocycles. The topological polar surface area (TPSA) is 21.7 Å². The third-order valence-electron chi connectivity index (χ3n) is 2.86. The van der Waals surface area contributed by atoms with Crippen molar-refractivity contribution in [1.82, 2.24) is 4.90 Å². The van der Waals surface area contributed by atoms with E-state index in [2.05, 4.69) is 19.9 Å². The molecule has 0 bridgehead atoms. The van der Waals surface area contributed by atoms with Crippen LogP contribution in [0.3, 0.4) is 0 Å². The van der Waals surface area contributed by atoms with Gasteiger partial charge in [0.2, 0.25) is 0 Å². The summed E-state index contributed by atoms with van der Waals surface area (Å²) in [7, 11) is 3.74. The van der Waals surface area contributed by atoms with Gasteiger partial charge in [-0.15, -0.1) is 0 Å². The Bertz CT molecular complexity index is 444. The monoisotopic (exact) mass is 251 g/mol. The van der Waals surface area contributed by atoms with Crippen LogP contribution >= 0.6 is 12.2 Å². The predicted octanol–water partition coefficient (Wildman–Crippen LogP) is 2.96. The average Bonchev–Trinajstić information content (AvgIpc) is 2.50. The van der Waals surface area contributed by atoms with Crippen LogP contribution in [0.1, 0.15) is 20.3 Å². The zero-order valence-corrected chi connectivity index (χ0v) is 11.4. The lowest BCUT2D eigenvalue weighted by molar-refractivity contribution is 0.235. The first-order valence-electron chi connectivity index (χ1n) is 5.58. The number of hydrogen-bond acceptors (Lipinski definition) is 3. The summed E-state index contributed by atoms with van der Waals surface area (Å²) in [6.07, 6.45) is 6.55. The van der Waals surface area contributed by atoms with Gasteiger partial charge >= 0.3 is 0 Å². The van der Waals surface area contributed by atoms with Gasteiger partial charge < -0.3 is 14.4 Å². The highest BCUT2D eigenvalue weighted by atomic mass is 32.1. The molecule has 0 aromatic rings. The van der Waals surface area contributed by atoms with E-state index in [0.717, 1.165) is 17.9 Å². The summed E-state index contributed by atoms with van der Waals surface area (Å²) in [6.45, 7) is 4.27. The smallest absolute Gasteiger partial charge is 0.264 e. The van der Waals surface area contributed by atoms with Gasteiger partial charge in [-0.25, -0.2) is 0 Å². The average molecular weight is 251 g/mol. The molecule has 17 heavy (non-hydrogen) atoms. The molecule has 2 aliphatic rings. The summed E-state index contributed by atoms with van der Waals surface area (Å²) in [4.78, 5) is 1.78. The number of thiocarbonyl (C=S) groups is 1. The van der Waals surface area contributed by atoms with Gasteiger partial charge in [-0.3, -0.25) is 0 Å². The number of fused-ring (bicyclic) bond motifs is 1. The van der Waals surface area contributed by atoms with E-state index in [1.807, 2.05) is 20.2 Å². The first-order valence-corrected chi connectivity index (χ1v) is 5.99. The lowest BCUT2D eigenvalue weighted by Gasteiger charge is -2.24. The molecule has 0 N–H and O–H groups in total. The van der Waals surface area contributed by atoms with Crippen molar-refractivity contribution in [3.8, 4) is 0 Å². The van der Waals surface area contributed by atoms with Crippen LogP contribution in [0.25, 0.3) is 0 Å². The number of allylic oxidation sites excluding steroid dienone is 4. The lowest BCUT2D eigenvalue weighted by Crippen LogP contribution is -2.25. The molecule has 1 aliphatic carbocycles. The van der Waals surface area contributed by atoms with Crippen LogP contribution in [-0.2, 0) is 9.47 Å². The van der Waals surface area contributed by atoms with Crippen molar-refractivity contribution >= 4 is 17.4 Å². The van der Waals surface area contributed by atoms with Crippen molar-refractivity contribution in [2.45, 2.75) is 20.3 Å². The summed E-state index contributed by atoms with van der Waals surface area (Å²) in [6, 6.07) is 0.